The van der Waals surface area contributed by atoms with Gasteiger partial charge >= 0.3 is 0 Å². The Labute approximate surface area is 158 Å². The summed E-state index contributed by atoms with van der Waals surface area (Å²) in [5.41, 5.74) is 3.50. The van der Waals surface area contributed by atoms with Crippen molar-refractivity contribution in [3.05, 3.63) is 77.6 Å². The molecule has 1 heterocycles. The molecule has 0 saturated heterocycles. The summed E-state index contributed by atoms with van der Waals surface area (Å²) in [7, 11) is 1.64. The van der Waals surface area contributed by atoms with Crippen molar-refractivity contribution in [2.75, 3.05) is 19.0 Å². The second kappa shape index (κ2) is 8.80. The number of amides is 1. The zero-order chi connectivity index (χ0) is 19.1. The van der Waals surface area contributed by atoms with E-state index in [9.17, 15) is 4.79 Å². The number of carbonyl (C=O) groups is 1. The van der Waals surface area contributed by atoms with E-state index in [0.717, 1.165) is 23.4 Å². The van der Waals surface area contributed by atoms with Gasteiger partial charge in [0.1, 0.15) is 11.4 Å². The van der Waals surface area contributed by atoms with Crippen molar-refractivity contribution < 1.29 is 9.53 Å². The van der Waals surface area contributed by atoms with Crippen LogP contribution >= 0.6 is 0 Å². The average Bonchev–Trinajstić information content (AvgIpc) is 2.70. The third-order valence-corrected chi connectivity index (χ3v) is 4.05. The maximum Gasteiger partial charge on any atom is 0.270 e. The molecular weight excluding hydrogens is 340 g/mol. The van der Waals surface area contributed by atoms with Gasteiger partial charge in [-0.15, -0.1) is 0 Å². The Balaban J connectivity index is 1.55. The van der Waals surface area contributed by atoms with Gasteiger partial charge in [-0.3, -0.25) is 4.79 Å². The highest BCUT2D eigenvalue weighted by atomic mass is 16.5. The van der Waals surface area contributed by atoms with E-state index in [0.29, 0.717) is 18.2 Å². The van der Waals surface area contributed by atoms with Crippen molar-refractivity contribution in [2.45, 2.75) is 13.3 Å². The van der Waals surface area contributed by atoms with Gasteiger partial charge in [-0.25, -0.2) is 9.97 Å². The fourth-order valence-electron chi connectivity index (χ4n) is 2.51. The molecule has 0 aliphatic heterocycles. The van der Waals surface area contributed by atoms with Crippen molar-refractivity contribution in [2.24, 2.45) is 0 Å². The van der Waals surface area contributed by atoms with Crippen molar-refractivity contribution in [1.29, 1.82) is 0 Å². The standard InChI is InChI=1S/C21H22N4O2/c1-15-3-7-17(8-4-15)24-21-23-14-12-19(25-21)20(26)22-13-11-16-5-9-18(27-2)10-6-16/h3-10,12,14H,11,13H2,1-2H3,(H,22,26)(H,23,24,25). The Bertz CT molecular complexity index is 893. The first-order valence-corrected chi connectivity index (χ1v) is 8.72. The normalized spacial score (nSPS) is 10.3. The van der Waals surface area contributed by atoms with Gasteiger partial charge in [-0.2, -0.15) is 0 Å². The Morgan fingerprint density at radius 3 is 2.48 bits per heavy atom. The van der Waals surface area contributed by atoms with Crippen LogP contribution in [-0.4, -0.2) is 29.5 Å². The molecule has 1 aromatic heterocycles. The highest BCUT2D eigenvalue weighted by Gasteiger charge is 2.08. The lowest BCUT2D eigenvalue weighted by molar-refractivity contribution is 0.0949. The van der Waals surface area contributed by atoms with E-state index in [1.165, 1.54) is 5.56 Å². The molecule has 0 atom stereocenters. The lowest BCUT2D eigenvalue weighted by atomic mass is 10.1. The predicted molar refractivity (Wildman–Crippen MR) is 106 cm³/mol. The van der Waals surface area contributed by atoms with E-state index >= 15 is 0 Å². The van der Waals surface area contributed by atoms with E-state index in [2.05, 4.69) is 20.6 Å². The van der Waals surface area contributed by atoms with Crippen molar-refractivity contribution in [3.8, 4) is 5.75 Å². The van der Waals surface area contributed by atoms with E-state index in [-0.39, 0.29) is 5.91 Å². The van der Waals surface area contributed by atoms with Crippen LogP contribution in [0.15, 0.2) is 60.8 Å². The number of rotatable bonds is 7. The maximum atomic E-state index is 12.3. The second-order valence-corrected chi connectivity index (χ2v) is 6.11. The van der Waals surface area contributed by atoms with Gasteiger partial charge in [0, 0.05) is 18.4 Å². The summed E-state index contributed by atoms with van der Waals surface area (Å²) in [5.74, 6) is 0.983. The minimum Gasteiger partial charge on any atom is -0.497 e. The van der Waals surface area contributed by atoms with Crippen LogP contribution < -0.4 is 15.4 Å². The third kappa shape index (κ3) is 5.28. The fourth-order valence-corrected chi connectivity index (χ4v) is 2.51. The fraction of sp³-hybridized carbons (Fsp3) is 0.190. The molecule has 138 valence electrons. The summed E-state index contributed by atoms with van der Waals surface area (Å²) in [5, 5.41) is 5.99. The van der Waals surface area contributed by atoms with E-state index in [4.69, 9.17) is 4.74 Å². The summed E-state index contributed by atoms with van der Waals surface area (Å²) in [6.07, 6.45) is 2.30. The number of nitrogens with one attached hydrogen (secondary N) is 2. The zero-order valence-electron chi connectivity index (χ0n) is 15.4. The quantitative estimate of drug-likeness (QED) is 0.673. The molecule has 3 rings (SSSR count). The Morgan fingerprint density at radius 1 is 1.04 bits per heavy atom. The summed E-state index contributed by atoms with van der Waals surface area (Å²) in [4.78, 5) is 20.8. The SMILES string of the molecule is COc1ccc(CCNC(=O)c2ccnc(Nc3ccc(C)cc3)n2)cc1. The maximum absolute atomic E-state index is 12.3. The highest BCUT2D eigenvalue weighted by molar-refractivity contribution is 5.92. The summed E-state index contributed by atoms with van der Waals surface area (Å²) in [6.45, 7) is 2.55. The first-order chi connectivity index (χ1) is 13.1. The molecule has 0 bridgehead atoms. The van der Waals surface area contributed by atoms with Crippen LogP contribution in [0.2, 0.25) is 0 Å². The largest absolute Gasteiger partial charge is 0.497 e. The molecule has 0 spiro atoms. The van der Waals surface area contributed by atoms with Gasteiger partial charge in [0.2, 0.25) is 5.95 Å². The zero-order valence-corrected chi connectivity index (χ0v) is 15.4. The lowest BCUT2D eigenvalue weighted by Gasteiger charge is -2.08. The Hall–Kier alpha value is -3.41. The predicted octanol–water partition coefficient (Wildman–Crippen LogP) is 3.51. The van der Waals surface area contributed by atoms with Gasteiger partial charge in [0.15, 0.2) is 0 Å². The summed E-state index contributed by atoms with van der Waals surface area (Å²) < 4.78 is 5.14. The molecule has 6 heteroatoms. The first kappa shape index (κ1) is 18.4. The minimum absolute atomic E-state index is 0.224. The number of aryl methyl sites for hydroxylation is 1. The van der Waals surface area contributed by atoms with E-state index < -0.39 is 0 Å². The molecular formula is C21H22N4O2. The number of ether oxygens (including phenoxy) is 1. The summed E-state index contributed by atoms with van der Waals surface area (Å²) in [6, 6.07) is 17.3. The van der Waals surface area contributed by atoms with Gasteiger partial charge in [-0.1, -0.05) is 29.8 Å². The molecule has 3 aromatic rings. The first-order valence-electron chi connectivity index (χ1n) is 8.72. The molecule has 0 fully saturated rings. The summed E-state index contributed by atoms with van der Waals surface area (Å²) >= 11 is 0. The van der Waals surface area contributed by atoms with Crippen LogP contribution in [0.25, 0.3) is 0 Å². The van der Waals surface area contributed by atoms with Crippen LogP contribution in [-0.2, 0) is 6.42 Å². The molecule has 0 radical (unpaired) electrons. The van der Waals surface area contributed by atoms with Gasteiger partial charge < -0.3 is 15.4 Å². The highest BCUT2D eigenvalue weighted by Crippen LogP contribution is 2.14. The molecule has 0 unspecified atom stereocenters. The van der Waals surface area contributed by atoms with Crippen molar-refractivity contribution in [3.63, 3.8) is 0 Å². The third-order valence-electron chi connectivity index (χ3n) is 4.05. The molecule has 2 aromatic carbocycles. The van der Waals surface area contributed by atoms with Crippen LogP contribution in [0.5, 0.6) is 5.75 Å². The molecule has 0 aliphatic carbocycles. The van der Waals surface area contributed by atoms with Crippen LogP contribution in [0, 0.1) is 6.92 Å². The number of nitrogens with zero attached hydrogens (tertiary/aromatic N) is 2. The second-order valence-electron chi connectivity index (χ2n) is 6.11. The van der Waals surface area contributed by atoms with Crippen LogP contribution in [0.3, 0.4) is 0 Å². The Kier molecular flexibility index (Phi) is 5.99. The van der Waals surface area contributed by atoms with Crippen molar-refractivity contribution >= 4 is 17.5 Å². The lowest BCUT2D eigenvalue weighted by Crippen LogP contribution is -2.26. The minimum atomic E-state index is -0.224. The molecule has 1 amide bonds. The van der Waals surface area contributed by atoms with Crippen molar-refractivity contribution in [1.82, 2.24) is 15.3 Å². The number of anilines is 2. The average molecular weight is 362 g/mol. The van der Waals surface area contributed by atoms with Gasteiger partial charge in [-0.05, 0) is 49.2 Å². The van der Waals surface area contributed by atoms with Crippen LogP contribution in [0.1, 0.15) is 21.6 Å². The monoisotopic (exact) mass is 362 g/mol. The van der Waals surface area contributed by atoms with Gasteiger partial charge in [0.25, 0.3) is 5.91 Å². The molecule has 0 aliphatic rings. The van der Waals surface area contributed by atoms with E-state index in [1.54, 1.807) is 19.4 Å². The number of aromatic nitrogens is 2. The molecule has 27 heavy (non-hydrogen) atoms. The Morgan fingerprint density at radius 2 is 1.78 bits per heavy atom. The molecule has 6 nitrogen and oxygen atoms in total. The van der Waals surface area contributed by atoms with Crippen LogP contribution in [0.4, 0.5) is 11.6 Å². The topological polar surface area (TPSA) is 76.1 Å². The smallest absolute Gasteiger partial charge is 0.270 e. The number of carbonyl (C=O) groups excluding carboxylic acids is 1. The number of hydrogen-bond donors (Lipinski definition) is 2. The number of benzene rings is 2. The number of methoxy groups -OCH3 is 1. The number of hydrogen-bond acceptors (Lipinski definition) is 5. The van der Waals surface area contributed by atoms with Gasteiger partial charge in [0.05, 0.1) is 7.11 Å². The molecule has 0 saturated carbocycles. The van der Waals surface area contributed by atoms with E-state index in [1.807, 2.05) is 55.5 Å². The molecule has 2 N–H and O–H groups in total.